The van der Waals surface area contributed by atoms with Crippen molar-refractivity contribution in [3.8, 4) is 0 Å². The van der Waals surface area contributed by atoms with Gasteiger partial charge in [-0.15, -0.1) is 0 Å². The van der Waals surface area contributed by atoms with Crippen LogP contribution < -0.4 is 5.32 Å². The van der Waals surface area contributed by atoms with Crippen molar-refractivity contribution in [2.45, 2.75) is 59.0 Å². The molecule has 0 spiro atoms. The molecule has 0 aliphatic carbocycles. The fourth-order valence-corrected chi connectivity index (χ4v) is 2.61. The van der Waals surface area contributed by atoms with Crippen LogP contribution in [0, 0.1) is 5.92 Å². The van der Waals surface area contributed by atoms with Crippen molar-refractivity contribution in [1.82, 2.24) is 10.2 Å². The molecule has 1 aliphatic rings. The standard InChI is InChI=1S/C13H28N2/c1-5-7-14-13(6-2)10-15-9-11(3)8-12(15)4/h11-14H,5-10H2,1-4H3. The third-order valence-corrected chi connectivity index (χ3v) is 3.54. The molecule has 1 N–H and O–H groups in total. The van der Waals surface area contributed by atoms with E-state index in [1.165, 1.54) is 32.4 Å². The number of hydrogen-bond acceptors (Lipinski definition) is 2. The molecule has 3 unspecified atom stereocenters. The average molecular weight is 212 g/mol. The van der Waals surface area contributed by atoms with E-state index in [2.05, 4.69) is 37.9 Å². The second kappa shape index (κ2) is 6.49. The molecule has 1 rings (SSSR count). The largest absolute Gasteiger partial charge is 0.313 e. The molecule has 1 heterocycles. The first-order valence-corrected chi connectivity index (χ1v) is 6.64. The first-order chi connectivity index (χ1) is 7.17. The normalized spacial score (nSPS) is 29.6. The molecule has 2 nitrogen and oxygen atoms in total. The summed E-state index contributed by atoms with van der Waals surface area (Å²) in [6, 6.07) is 1.48. The number of rotatable bonds is 6. The van der Waals surface area contributed by atoms with Crippen molar-refractivity contribution >= 4 is 0 Å². The van der Waals surface area contributed by atoms with Gasteiger partial charge in [-0.3, -0.25) is 4.90 Å². The predicted octanol–water partition coefficient (Wildman–Crippen LogP) is 2.49. The summed E-state index contributed by atoms with van der Waals surface area (Å²) in [5, 5.41) is 3.64. The zero-order chi connectivity index (χ0) is 11.3. The maximum Gasteiger partial charge on any atom is 0.0192 e. The molecule has 90 valence electrons. The van der Waals surface area contributed by atoms with Gasteiger partial charge in [0, 0.05) is 25.2 Å². The molecule has 3 atom stereocenters. The summed E-state index contributed by atoms with van der Waals surface area (Å²) in [4.78, 5) is 2.65. The van der Waals surface area contributed by atoms with Crippen molar-refractivity contribution in [2.75, 3.05) is 19.6 Å². The van der Waals surface area contributed by atoms with Crippen LogP contribution in [0.5, 0.6) is 0 Å². The van der Waals surface area contributed by atoms with E-state index < -0.39 is 0 Å². The Morgan fingerprint density at radius 2 is 2.07 bits per heavy atom. The van der Waals surface area contributed by atoms with Crippen LogP contribution in [0.2, 0.25) is 0 Å². The van der Waals surface area contributed by atoms with E-state index in [0.717, 1.165) is 18.5 Å². The van der Waals surface area contributed by atoms with Crippen LogP contribution in [0.4, 0.5) is 0 Å². The van der Waals surface area contributed by atoms with Crippen LogP contribution in [0.1, 0.15) is 47.0 Å². The molecule has 0 saturated carbocycles. The lowest BCUT2D eigenvalue weighted by Gasteiger charge is -2.27. The lowest BCUT2D eigenvalue weighted by molar-refractivity contribution is 0.230. The minimum Gasteiger partial charge on any atom is -0.313 e. The third kappa shape index (κ3) is 4.12. The molecule has 1 fully saturated rings. The highest BCUT2D eigenvalue weighted by Crippen LogP contribution is 2.22. The Kier molecular flexibility index (Phi) is 5.62. The molecule has 2 heteroatoms. The fraction of sp³-hybridized carbons (Fsp3) is 1.00. The quantitative estimate of drug-likeness (QED) is 0.728. The molecule has 1 aliphatic heterocycles. The Labute approximate surface area is 95.4 Å². The molecule has 0 aromatic heterocycles. The molecule has 0 bridgehead atoms. The van der Waals surface area contributed by atoms with Gasteiger partial charge in [0.05, 0.1) is 0 Å². The molecule has 15 heavy (non-hydrogen) atoms. The van der Waals surface area contributed by atoms with Crippen molar-refractivity contribution in [2.24, 2.45) is 5.92 Å². The van der Waals surface area contributed by atoms with E-state index in [4.69, 9.17) is 0 Å². The number of nitrogens with zero attached hydrogens (tertiary/aromatic N) is 1. The Morgan fingerprint density at radius 3 is 2.53 bits per heavy atom. The Balaban J connectivity index is 2.31. The van der Waals surface area contributed by atoms with Crippen LogP contribution in [0.3, 0.4) is 0 Å². The van der Waals surface area contributed by atoms with Gasteiger partial charge < -0.3 is 5.32 Å². The summed E-state index contributed by atoms with van der Waals surface area (Å²) >= 11 is 0. The summed E-state index contributed by atoms with van der Waals surface area (Å²) in [6.45, 7) is 13.0. The van der Waals surface area contributed by atoms with E-state index in [-0.39, 0.29) is 0 Å². The number of nitrogens with one attached hydrogen (secondary N) is 1. The third-order valence-electron chi connectivity index (χ3n) is 3.54. The van der Waals surface area contributed by atoms with Gasteiger partial charge in [-0.25, -0.2) is 0 Å². The average Bonchev–Trinajstić information content (AvgIpc) is 2.52. The highest BCUT2D eigenvalue weighted by Gasteiger charge is 2.27. The summed E-state index contributed by atoms with van der Waals surface area (Å²) in [5.74, 6) is 0.892. The minimum absolute atomic E-state index is 0.692. The van der Waals surface area contributed by atoms with E-state index in [0.29, 0.717) is 6.04 Å². The molecular weight excluding hydrogens is 184 g/mol. The van der Waals surface area contributed by atoms with Gasteiger partial charge in [-0.05, 0) is 38.6 Å². The van der Waals surface area contributed by atoms with E-state index in [9.17, 15) is 0 Å². The maximum atomic E-state index is 3.64. The SMILES string of the molecule is CCCNC(CC)CN1CC(C)CC1C. The predicted molar refractivity (Wildman–Crippen MR) is 67.2 cm³/mol. The molecule has 0 radical (unpaired) electrons. The van der Waals surface area contributed by atoms with Crippen LogP contribution in [0.25, 0.3) is 0 Å². The highest BCUT2D eigenvalue weighted by atomic mass is 15.2. The van der Waals surface area contributed by atoms with Gasteiger partial charge >= 0.3 is 0 Å². The molecular formula is C13H28N2. The summed E-state index contributed by atoms with van der Waals surface area (Å²) in [5.41, 5.74) is 0. The highest BCUT2D eigenvalue weighted by molar-refractivity contribution is 4.83. The van der Waals surface area contributed by atoms with E-state index in [1.54, 1.807) is 0 Å². The zero-order valence-corrected chi connectivity index (χ0v) is 10.9. The lowest BCUT2D eigenvalue weighted by Crippen LogP contribution is -2.42. The Morgan fingerprint density at radius 1 is 1.33 bits per heavy atom. The molecule has 0 amide bonds. The van der Waals surface area contributed by atoms with Gasteiger partial charge in [0.2, 0.25) is 0 Å². The smallest absolute Gasteiger partial charge is 0.0192 e. The van der Waals surface area contributed by atoms with Gasteiger partial charge in [-0.1, -0.05) is 20.8 Å². The van der Waals surface area contributed by atoms with E-state index in [1.807, 2.05) is 0 Å². The van der Waals surface area contributed by atoms with Gasteiger partial charge in [0.15, 0.2) is 0 Å². The molecule has 0 aromatic rings. The summed E-state index contributed by atoms with van der Waals surface area (Å²) < 4.78 is 0. The van der Waals surface area contributed by atoms with Gasteiger partial charge in [0.1, 0.15) is 0 Å². The second-order valence-corrected chi connectivity index (χ2v) is 5.20. The van der Waals surface area contributed by atoms with Crippen LogP contribution in [-0.2, 0) is 0 Å². The fourth-order valence-electron chi connectivity index (χ4n) is 2.61. The van der Waals surface area contributed by atoms with Crippen LogP contribution in [-0.4, -0.2) is 36.6 Å². The number of hydrogen-bond donors (Lipinski definition) is 1. The molecule has 1 saturated heterocycles. The lowest BCUT2D eigenvalue weighted by atomic mass is 10.1. The Hall–Kier alpha value is -0.0800. The monoisotopic (exact) mass is 212 g/mol. The van der Waals surface area contributed by atoms with Crippen LogP contribution in [0.15, 0.2) is 0 Å². The maximum absolute atomic E-state index is 3.64. The zero-order valence-electron chi connectivity index (χ0n) is 10.9. The Bertz CT molecular complexity index is 170. The summed E-state index contributed by atoms with van der Waals surface area (Å²) in [6.07, 6.45) is 3.87. The minimum atomic E-state index is 0.692. The van der Waals surface area contributed by atoms with Crippen molar-refractivity contribution in [3.63, 3.8) is 0 Å². The van der Waals surface area contributed by atoms with Crippen molar-refractivity contribution < 1.29 is 0 Å². The number of likely N-dealkylation sites (tertiary alicyclic amines) is 1. The first-order valence-electron chi connectivity index (χ1n) is 6.64. The molecule has 0 aromatic carbocycles. The first kappa shape index (κ1) is 13.0. The summed E-state index contributed by atoms with van der Waals surface area (Å²) in [7, 11) is 0. The van der Waals surface area contributed by atoms with Crippen molar-refractivity contribution in [3.05, 3.63) is 0 Å². The van der Waals surface area contributed by atoms with Gasteiger partial charge in [-0.2, -0.15) is 0 Å². The topological polar surface area (TPSA) is 15.3 Å². The van der Waals surface area contributed by atoms with Crippen molar-refractivity contribution in [1.29, 1.82) is 0 Å². The van der Waals surface area contributed by atoms with Crippen LogP contribution >= 0.6 is 0 Å². The second-order valence-electron chi connectivity index (χ2n) is 5.20. The van der Waals surface area contributed by atoms with E-state index >= 15 is 0 Å². The van der Waals surface area contributed by atoms with Gasteiger partial charge in [0.25, 0.3) is 0 Å².